The molecule has 1 aromatic rings. The van der Waals surface area contributed by atoms with Crippen molar-refractivity contribution in [2.24, 2.45) is 5.84 Å². The Morgan fingerprint density at radius 2 is 2.31 bits per heavy atom. The number of nitrogens with zero attached hydrogens (tertiary/aromatic N) is 1. The van der Waals surface area contributed by atoms with Crippen LogP contribution >= 0.6 is 15.9 Å². The molecule has 5 heteroatoms. The van der Waals surface area contributed by atoms with E-state index >= 15 is 0 Å². The molecule has 90 valence electrons. The summed E-state index contributed by atoms with van der Waals surface area (Å²) in [5, 5.41) is 0. The highest BCUT2D eigenvalue weighted by Crippen LogP contribution is 2.13. The maximum Gasteiger partial charge on any atom is 0.0738 e. The Labute approximate surface area is 105 Å². The van der Waals surface area contributed by atoms with Crippen LogP contribution in [0, 0.1) is 0 Å². The second kappa shape index (κ2) is 6.96. The second-order valence-electron chi connectivity index (χ2n) is 3.67. The Morgan fingerprint density at radius 3 is 2.81 bits per heavy atom. The lowest BCUT2D eigenvalue weighted by Gasteiger charge is -2.24. The number of pyridine rings is 1. The lowest BCUT2D eigenvalue weighted by molar-refractivity contribution is 0.0653. The predicted molar refractivity (Wildman–Crippen MR) is 67.8 cm³/mol. The zero-order chi connectivity index (χ0) is 12.0. The molecule has 1 rings (SSSR count). The van der Waals surface area contributed by atoms with Gasteiger partial charge in [-0.15, -0.1) is 0 Å². The van der Waals surface area contributed by atoms with Crippen molar-refractivity contribution in [3.8, 4) is 0 Å². The highest BCUT2D eigenvalue weighted by atomic mass is 79.9. The molecule has 4 nitrogen and oxygen atoms in total. The summed E-state index contributed by atoms with van der Waals surface area (Å²) in [5.41, 5.74) is 3.94. The van der Waals surface area contributed by atoms with E-state index in [2.05, 4.69) is 33.3 Å². The molecule has 1 aromatic heterocycles. The maximum atomic E-state index is 5.55. The van der Waals surface area contributed by atoms with Crippen molar-refractivity contribution in [2.45, 2.75) is 31.9 Å². The summed E-state index contributed by atoms with van der Waals surface area (Å²) in [6.45, 7) is 2.08. The molecular formula is C11H18BrN3O. The van der Waals surface area contributed by atoms with Gasteiger partial charge in [0.2, 0.25) is 0 Å². The minimum absolute atomic E-state index is 0.103. The van der Waals surface area contributed by atoms with Crippen molar-refractivity contribution in [2.75, 3.05) is 7.11 Å². The molecule has 0 aliphatic heterocycles. The zero-order valence-electron chi connectivity index (χ0n) is 9.61. The quantitative estimate of drug-likeness (QED) is 0.617. The van der Waals surface area contributed by atoms with Gasteiger partial charge in [-0.2, -0.15) is 0 Å². The van der Waals surface area contributed by atoms with Gasteiger partial charge in [-0.1, -0.05) is 6.92 Å². The molecule has 0 radical (unpaired) electrons. The summed E-state index contributed by atoms with van der Waals surface area (Å²) < 4.78 is 6.36. The van der Waals surface area contributed by atoms with Crippen molar-refractivity contribution < 1.29 is 4.74 Å². The number of ether oxygens (including phenoxy) is 1. The number of hydrazine groups is 1. The van der Waals surface area contributed by atoms with Crippen LogP contribution in [0.25, 0.3) is 0 Å². The van der Waals surface area contributed by atoms with Crippen LogP contribution in [0.2, 0.25) is 0 Å². The second-order valence-corrected chi connectivity index (χ2v) is 4.59. The van der Waals surface area contributed by atoms with Gasteiger partial charge in [-0.3, -0.25) is 16.3 Å². The van der Waals surface area contributed by atoms with Crippen molar-refractivity contribution >= 4 is 15.9 Å². The average Bonchev–Trinajstić information content (AvgIpc) is 2.29. The van der Waals surface area contributed by atoms with Gasteiger partial charge in [0, 0.05) is 24.0 Å². The molecule has 0 saturated carbocycles. The summed E-state index contributed by atoms with van der Waals surface area (Å²) in [4.78, 5) is 4.13. The minimum Gasteiger partial charge on any atom is -0.380 e. The van der Waals surface area contributed by atoms with Gasteiger partial charge in [0.15, 0.2) is 0 Å². The summed E-state index contributed by atoms with van der Waals surface area (Å²) in [5.74, 6) is 5.55. The van der Waals surface area contributed by atoms with Crippen molar-refractivity contribution in [3.05, 3.63) is 28.5 Å². The average molecular weight is 288 g/mol. The number of hydrogen-bond donors (Lipinski definition) is 2. The number of methoxy groups -OCH3 is 1. The summed E-state index contributed by atoms with van der Waals surface area (Å²) in [6, 6.07) is 2.14. The zero-order valence-corrected chi connectivity index (χ0v) is 11.2. The molecule has 0 amide bonds. The van der Waals surface area contributed by atoms with Crippen molar-refractivity contribution in [1.29, 1.82) is 0 Å². The number of aromatic nitrogens is 1. The van der Waals surface area contributed by atoms with Gasteiger partial charge in [-0.05, 0) is 40.4 Å². The summed E-state index contributed by atoms with van der Waals surface area (Å²) >= 11 is 3.40. The lowest BCUT2D eigenvalue weighted by Crippen LogP contribution is -2.46. The topological polar surface area (TPSA) is 60.2 Å². The fourth-order valence-electron chi connectivity index (χ4n) is 1.73. The molecule has 3 N–H and O–H groups in total. The number of hydrogen-bond acceptors (Lipinski definition) is 4. The van der Waals surface area contributed by atoms with E-state index in [0.29, 0.717) is 0 Å². The van der Waals surface area contributed by atoms with E-state index in [1.165, 1.54) is 0 Å². The molecule has 2 unspecified atom stereocenters. The maximum absolute atomic E-state index is 5.55. The van der Waals surface area contributed by atoms with Crippen molar-refractivity contribution in [3.63, 3.8) is 0 Å². The van der Waals surface area contributed by atoms with Crippen LogP contribution in [0.5, 0.6) is 0 Å². The first-order chi connectivity index (χ1) is 7.71. The normalized spacial score (nSPS) is 14.8. The fraction of sp³-hybridized carbons (Fsp3) is 0.545. The van der Waals surface area contributed by atoms with E-state index in [1.807, 2.05) is 12.3 Å². The van der Waals surface area contributed by atoms with E-state index in [9.17, 15) is 0 Å². The molecule has 0 aliphatic rings. The smallest absolute Gasteiger partial charge is 0.0738 e. The number of nitrogens with one attached hydrogen (secondary N) is 1. The van der Waals surface area contributed by atoms with Crippen LogP contribution in [-0.2, 0) is 11.2 Å². The van der Waals surface area contributed by atoms with Gasteiger partial charge in [0.25, 0.3) is 0 Å². The van der Waals surface area contributed by atoms with E-state index in [4.69, 9.17) is 10.6 Å². The Balaban J connectivity index is 2.69. The highest BCUT2D eigenvalue weighted by Gasteiger charge is 2.18. The van der Waals surface area contributed by atoms with Gasteiger partial charge in [-0.25, -0.2) is 0 Å². The fourth-order valence-corrected chi connectivity index (χ4v) is 2.15. The van der Waals surface area contributed by atoms with E-state index in [-0.39, 0.29) is 12.1 Å². The minimum atomic E-state index is 0.103. The molecule has 0 spiro atoms. The lowest BCUT2D eigenvalue weighted by atomic mass is 10.0. The molecule has 0 aromatic carbocycles. The van der Waals surface area contributed by atoms with Crippen LogP contribution < -0.4 is 11.3 Å². The van der Waals surface area contributed by atoms with Crippen LogP contribution in [0.3, 0.4) is 0 Å². The molecule has 1 heterocycles. The van der Waals surface area contributed by atoms with E-state index in [0.717, 1.165) is 22.9 Å². The SMILES string of the molecule is CCC(OC)C(Cc1cncc(Br)c1)NN. The standard InChI is InChI=1S/C11H18BrN3O/c1-3-11(16-2)10(15-13)5-8-4-9(12)7-14-6-8/h4,6-7,10-11,15H,3,5,13H2,1-2H3. The third kappa shape index (κ3) is 3.83. The first kappa shape index (κ1) is 13.6. The molecule has 16 heavy (non-hydrogen) atoms. The van der Waals surface area contributed by atoms with E-state index < -0.39 is 0 Å². The van der Waals surface area contributed by atoms with Gasteiger partial charge in [0.05, 0.1) is 12.1 Å². The van der Waals surface area contributed by atoms with Crippen LogP contribution in [0.15, 0.2) is 22.9 Å². The number of halogens is 1. The number of nitrogens with two attached hydrogens (primary N) is 1. The first-order valence-electron chi connectivity index (χ1n) is 5.29. The van der Waals surface area contributed by atoms with Crippen LogP contribution in [0.4, 0.5) is 0 Å². The molecule has 0 bridgehead atoms. The molecular weight excluding hydrogens is 270 g/mol. The molecule has 0 saturated heterocycles. The van der Waals surface area contributed by atoms with Crippen LogP contribution in [0.1, 0.15) is 18.9 Å². The summed E-state index contributed by atoms with van der Waals surface area (Å²) in [6.07, 6.45) is 5.45. The Hall–Kier alpha value is -0.490. The third-order valence-electron chi connectivity index (χ3n) is 2.59. The first-order valence-corrected chi connectivity index (χ1v) is 6.08. The molecule has 0 aliphatic carbocycles. The van der Waals surface area contributed by atoms with Gasteiger partial charge >= 0.3 is 0 Å². The largest absolute Gasteiger partial charge is 0.380 e. The summed E-state index contributed by atoms with van der Waals surface area (Å²) in [7, 11) is 1.71. The molecule has 2 atom stereocenters. The van der Waals surface area contributed by atoms with Gasteiger partial charge in [0.1, 0.15) is 0 Å². The monoisotopic (exact) mass is 287 g/mol. The number of rotatable bonds is 6. The van der Waals surface area contributed by atoms with Crippen LogP contribution in [-0.4, -0.2) is 24.2 Å². The van der Waals surface area contributed by atoms with Gasteiger partial charge < -0.3 is 4.74 Å². The molecule has 0 fully saturated rings. The Morgan fingerprint density at radius 1 is 1.56 bits per heavy atom. The third-order valence-corrected chi connectivity index (χ3v) is 3.02. The Bertz CT molecular complexity index is 318. The highest BCUT2D eigenvalue weighted by molar-refractivity contribution is 9.10. The van der Waals surface area contributed by atoms with E-state index in [1.54, 1.807) is 13.3 Å². The predicted octanol–water partition coefficient (Wildman–Crippen LogP) is 1.64. The van der Waals surface area contributed by atoms with Crippen molar-refractivity contribution in [1.82, 2.24) is 10.4 Å². The Kier molecular flexibility index (Phi) is 5.90.